The molecule has 0 radical (unpaired) electrons. The van der Waals surface area contributed by atoms with Gasteiger partial charge in [-0.25, -0.2) is 8.60 Å². The third kappa shape index (κ3) is 1.94. The number of hydrogen-bond acceptors (Lipinski definition) is 3. The summed E-state index contributed by atoms with van der Waals surface area (Å²) in [6, 6.07) is 1.63. The van der Waals surface area contributed by atoms with Crippen molar-refractivity contribution in [1.82, 2.24) is 0 Å². The maximum atomic E-state index is 13.0. The second-order valence-electron chi connectivity index (χ2n) is 2.58. The fourth-order valence-electron chi connectivity index (χ4n) is 0.975. The number of hydrogen-bond donors (Lipinski definition) is 1. The fourth-order valence-corrected chi connectivity index (χ4v) is 1.48. The zero-order valence-electron chi connectivity index (χ0n) is 7.06. The van der Waals surface area contributed by atoms with Crippen molar-refractivity contribution in [3.8, 4) is 0 Å². The standard InChI is InChI=1S/C7H6FNO4S/c1-4-2-7(14(12)13)5(8)3-6(4)9(10)11/h2-3H,1H3,(H,12,13). The van der Waals surface area contributed by atoms with Crippen LogP contribution in [-0.2, 0) is 11.1 Å². The van der Waals surface area contributed by atoms with Crippen LogP contribution in [0.15, 0.2) is 17.0 Å². The molecule has 0 amide bonds. The van der Waals surface area contributed by atoms with Crippen molar-refractivity contribution < 1.29 is 18.1 Å². The van der Waals surface area contributed by atoms with Crippen LogP contribution in [-0.4, -0.2) is 13.7 Å². The molecule has 0 aliphatic rings. The predicted octanol–water partition coefficient (Wildman–Crippen LogP) is 1.62. The Labute approximate surface area is 81.0 Å². The van der Waals surface area contributed by atoms with E-state index in [0.717, 1.165) is 6.07 Å². The van der Waals surface area contributed by atoms with E-state index >= 15 is 0 Å². The third-order valence-corrected chi connectivity index (χ3v) is 2.32. The van der Waals surface area contributed by atoms with Gasteiger partial charge in [-0.1, -0.05) is 0 Å². The van der Waals surface area contributed by atoms with E-state index in [2.05, 4.69) is 0 Å². The summed E-state index contributed by atoms with van der Waals surface area (Å²) in [4.78, 5) is 9.16. The lowest BCUT2D eigenvalue weighted by atomic mass is 10.2. The van der Waals surface area contributed by atoms with Gasteiger partial charge in [0.25, 0.3) is 5.69 Å². The Kier molecular flexibility index (Phi) is 2.92. The molecule has 0 aliphatic heterocycles. The Balaban J connectivity index is 3.38. The summed E-state index contributed by atoms with van der Waals surface area (Å²) in [5.74, 6) is -1.05. The van der Waals surface area contributed by atoms with Crippen LogP contribution in [0.2, 0.25) is 0 Å². The lowest BCUT2D eigenvalue weighted by molar-refractivity contribution is -0.385. The Morgan fingerprint density at radius 2 is 2.14 bits per heavy atom. The smallest absolute Gasteiger partial charge is 0.275 e. The minimum Gasteiger partial charge on any atom is -0.302 e. The van der Waals surface area contributed by atoms with Crippen LogP contribution < -0.4 is 0 Å². The van der Waals surface area contributed by atoms with Gasteiger partial charge in [0.15, 0.2) is 11.1 Å². The minimum absolute atomic E-state index is 0.147. The van der Waals surface area contributed by atoms with Crippen molar-refractivity contribution in [2.45, 2.75) is 11.8 Å². The number of nitrogens with zero attached hydrogens (tertiary/aromatic N) is 1. The van der Waals surface area contributed by atoms with Crippen molar-refractivity contribution in [3.63, 3.8) is 0 Å². The molecular weight excluding hydrogens is 213 g/mol. The molecule has 0 fully saturated rings. The molecule has 76 valence electrons. The first-order chi connectivity index (χ1) is 6.43. The number of nitro groups is 1. The maximum absolute atomic E-state index is 13.0. The molecule has 1 N–H and O–H groups in total. The topological polar surface area (TPSA) is 80.4 Å². The molecule has 0 saturated carbocycles. The molecule has 1 atom stereocenters. The van der Waals surface area contributed by atoms with Crippen molar-refractivity contribution >= 4 is 16.8 Å². The maximum Gasteiger partial charge on any atom is 0.275 e. The van der Waals surface area contributed by atoms with E-state index in [1.165, 1.54) is 6.92 Å². The van der Waals surface area contributed by atoms with Crippen LogP contribution in [0, 0.1) is 22.9 Å². The van der Waals surface area contributed by atoms with E-state index in [4.69, 9.17) is 4.55 Å². The second kappa shape index (κ2) is 3.81. The van der Waals surface area contributed by atoms with Crippen LogP contribution in [0.25, 0.3) is 0 Å². The number of rotatable bonds is 2. The molecule has 0 aromatic heterocycles. The summed E-state index contributed by atoms with van der Waals surface area (Å²) >= 11 is -2.47. The largest absolute Gasteiger partial charge is 0.302 e. The molecule has 7 heteroatoms. The minimum atomic E-state index is -2.47. The summed E-state index contributed by atoms with van der Waals surface area (Å²) in [6.45, 7) is 1.37. The van der Waals surface area contributed by atoms with Gasteiger partial charge in [-0.05, 0) is 13.0 Å². The molecule has 5 nitrogen and oxygen atoms in total. The first kappa shape index (κ1) is 10.7. The molecule has 0 aliphatic carbocycles. The average molecular weight is 219 g/mol. The summed E-state index contributed by atoms with van der Waals surface area (Å²) in [5, 5.41) is 10.4. The highest BCUT2D eigenvalue weighted by atomic mass is 32.2. The quantitative estimate of drug-likeness (QED) is 0.465. The first-order valence-electron chi connectivity index (χ1n) is 3.49. The van der Waals surface area contributed by atoms with E-state index in [9.17, 15) is 18.7 Å². The first-order valence-corrected chi connectivity index (χ1v) is 4.59. The fraction of sp³-hybridized carbons (Fsp3) is 0.143. The molecule has 0 spiro atoms. The second-order valence-corrected chi connectivity index (χ2v) is 3.51. The Hall–Kier alpha value is -1.34. The SMILES string of the molecule is Cc1cc(S(=O)O)c(F)cc1[N+](=O)[O-]. The lowest BCUT2D eigenvalue weighted by Crippen LogP contribution is -1.98. The highest BCUT2D eigenvalue weighted by Crippen LogP contribution is 2.23. The average Bonchev–Trinajstić information content (AvgIpc) is 2.07. The van der Waals surface area contributed by atoms with E-state index in [-0.39, 0.29) is 5.56 Å². The number of aryl methyl sites for hydroxylation is 1. The normalized spacial score (nSPS) is 12.5. The number of benzene rings is 1. The Morgan fingerprint density at radius 3 is 2.57 bits per heavy atom. The van der Waals surface area contributed by atoms with Gasteiger partial charge >= 0.3 is 0 Å². The van der Waals surface area contributed by atoms with Crippen molar-refractivity contribution in [3.05, 3.63) is 33.6 Å². The van der Waals surface area contributed by atoms with Gasteiger partial charge in [0.1, 0.15) is 10.7 Å². The zero-order chi connectivity index (χ0) is 10.9. The lowest BCUT2D eigenvalue weighted by Gasteiger charge is -2.00. The van der Waals surface area contributed by atoms with Gasteiger partial charge < -0.3 is 4.55 Å². The Bertz CT molecular complexity index is 381. The summed E-state index contributed by atoms with van der Waals surface area (Å²) in [7, 11) is 0. The summed E-state index contributed by atoms with van der Waals surface area (Å²) < 4.78 is 32.2. The van der Waals surface area contributed by atoms with E-state index < -0.39 is 32.4 Å². The molecule has 1 aromatic rings. The zero-order valence-corrected chi connectivity index (χ0v) is 7.88. The monoisotopic (exact) mass is 219 g/mol. The highest BCUT2D eigenvalue weighted by molar-refractivity contribution is 7.79. The highest BCUT2D eigenvalue weighted by Gasteiger charge is 2.17. The van der Waals surface area contributed by atoms with E-state index in [1.54, 1.807) is 0 Å². The van der Waals surface area contributed by atoms with Gasteiger partial charge in [0.05, 0.1) is 11.0 Å². The molecule has 1 aromatic carbocycles. The molecule has 1 rings (SSSR count). The van der Waals surface area contributed by atoms with Crippen molar-refractivity contribution in [1.29, 1.82) is 0 Å². The van der Waals surface area contributed by atoms with Gasteiger partial charge in [-0.3, -0.25) is 10.1 Å². The summed E-state index contributed by atoms with van der Waals surface area (Å²) in [5.41, 5.74) is -0.259. The van der Waals surface area contributed by atoms with Crippen molar-refractivity contribution in [2.24, 2.45) is 0 Å². The molecule has 0 bridgehead atoms. The van der Waals surface area contributed by atoms with Gasteiger partial charge in [-0.2, -0.15) is 0 Å². The van der Waals surface area contributed by atoms with Gasteiger partial charge in [0, 0.05) is 5.56 Å². The number of nitro benzene ring substituents is 1. The number of halogens is 1. The van der Waals surface area contributed by atoms with Crippen molar-refractivity contribution in [2.75, 3.05) is 0 Å². The van der Waals surface area contributed by atoms with Crippen LogP contribution in [0.5, 0.6) is 0 Å². The summed E-state index contributed by atoms with van der Waals surface area (Å²) in [6.07, 6.45) is 0. The molecule has 0 saturated heterocycles. The van der Waals surface area contributed by atoms with Crippen LogP contribution in [0.1, 0.15) is 5.56 Å². The van der Waals surface area contributed by atoms with Gasteiger partial charge in [0.2, 0.25) is 0 Å². The van der Waals surface area contributed by atoms with Crippen LogP contribution in [0.4, 0.5) is 10.1 Å². The molecular formula is C7H6FNO4S. The molecule has 14 heavy (non-hydrogen) atoms. The van der Waals surface area contributed by atoms with E-state index in [1.807, 2.05) is 0 Å². The van der Waals surface area contributed by atoms with Crippen LogP contribution >= 0.6 is 0 Å². The molecule has 1 unspecified atom stereocenters. The Morgan fingerprint density at radius 1 is 1.57 bits per heavy atom. The third-order valence-electron chi connectivity index (χ3n) is 1.64. The van der Waals surface area contributed by atoms with Crippen LogP contribution in [0.3, 0.4) is 0 Å². The van der Waals surface area contributed by atoms with Gasteiger partial charge in [-0.15, -0.1) is 0 Å². The molecule has 0 heterocycles. The van der Waals surface area contributed by atoms with E-state index in [0.29, 0.717) is 6.07 Å². The predicted molar refractivity (Wildman–Crippen MR) is 46.8 cm³/mol.